The molecular weight excluding hydrogens is 258 g/mol. The highest BCUT2D eigenvalue weighted by atomic mass is 16.5. The van der Waals surface area contributed by atoms with Gasteiger partial charge in [0.1, 0.15) is 23.8 Å². The molecule has 0 aliphatic carbocycles. The summed E-state index contributed by atoms with van der Waals surface area (Å²) in [4.78, 5) is 10.8. The zero-order valence-corrected chi connectivity index (χ0v) is 11.6. The standard InChI is InChI=1S/C14H17N3O3/c1-3-14-13(10-18)15-16-17(14)8-9-20-12-6-4-11(19-2)5-7-12/h4-7,10H,3,8-9H2,1-2H3. The molecule has 0 saturated heterocycles. The summed E-state index contributed by atoms with van der Waals surface area (Å²) in [6, 6.07) is 7.37. The first-order valence-corrected chi connectivity index (χ1v) is 6.43. The highest BCUT2D eigenvalue weighted by Crippen LogP contribution is 2.17. The zero-order chi connectivity index (χ0) is 14.4. The molecule has 0 aliphatic heterocycles. The van der Waals surface area contributed by atoms with Gasteiger partial charge in [-0.05, 0) is 30.7 Å². The Balaban J connectivity index is 1.92. The maximum Gasteiger partial charge on any atom is 0.172 e. The molecule has 0 bridgehead atoms. The number of hydrogen-bond acceptors (Lipinski definition) is 5. The Bertz CT molecular complexity index is 564. The van der Waals surface area contributed by atoms with Crippen LogP contribution in [0.4, 0.5) is 0 Å². The van der Waals surface area contributed by atoms with E-state index in [0.717, 1.165) is 23.5 Å². The summed E-state index contributed by atoms with van der Waals surface area (Å²) in [6.45, 7) is 2.98. The van der Waals surface area contributed by atoms with Crippen LogP contribution < -0.4 is 9.47 Å². The van der Waals surface area contributed by atoms with Crippen LogP contribution in [0.2, 0.25) is 0 Å². The van der Waals surface area contributed by atoms with Gasteiger partial charge >= 0.3 is 0 Å². The smallest absolute Gasteiger partial charge is 0.172 e. The highest BCUT2D eigenvalue weighted by molar-refractivity contribution is 5.73. The number of methoxy groups -OCH3 is 1. The summed E-state index contributed by atoms with van der Waals surface area (Å²) in [6.07, 6.45) is 1.44. The molecule has 0 saturated carbocycles. The van der Waals surface area contributed by atoms with Crippen molar-refractivity contribution in [2.24, 2.45) is 0 Å². The molecule has 0 radical (unpaired) electrons. The van der Waals surface area contributed by atoms with Gasteiger partial charge in [0.25, 0.3) is 0 Å². The van der Waals surface area contributed by atoms with Crippen molar-refractivity contribution in [2.45, 2.75) is 19.9 Å². The van der Waals surface area contributed by atoms with E-state index >= 15 is 0 Å². The predicted octanol–water partition coefficient (Wildman–Crippen LogP) is 1.74. The van der Waals surface area contributed by atoms with Crippen LogP contribution in [0, 0.1) is 0 Å². The van der Waals surface area contributed by atoms with Gasteiger partial charge in [0, 0.05) is 0 Å². The molecule has 1 heterocycles. The molecule has 0 amide bonds. The lowest BCUT2D eigenvalue weighted by Gasteiger charge is -2.08. The molecule has 0 N–H and O–H groups in total. The van der Waals surface area contributed by atoms with Gasteiger partial charge < -0.3 is 9.47 Å². The molecular formula is C14H17N3O3. The molecule has 6 heteroatoms. The van der Waals surface area contributed by atoms with E-state index in [2.05, 4.69) is 10.3 Å². The average molecular weight is 275 g/mol. The Labute approximate surface area is 117 Å². The number of hydrogen-bond donors (Lipinski definition) is 0. The lowest BCUT2D eigenvalue weighted by atomic mass is 10.3. The molecule has 106 valence electrons. The maximum absolute atomic E-state index is 10.8. The van der Waals surface area contributed by atoms with Crippen LogP contribution in [0.1, 0.15) is 23.1 Å². The second-order valence-corrected chi connectivity index (χ2v) is 4.14. The molecule has 1 aromatic heterocycles. The first-order valence-electron chi connectivity index (χ1n) is 6.43. The lowest BCUT2D eigenvalue weighted by Crippen LogP contribution is -2.12. The number of benzene rings is 1. The Kier molecular flexibility index (Phi) is 4.70. The molecule has 0 aliphatic rings. The van der Waals surface area contributed by atoms with Gasteiger partial charge in [-0.25, -0.2) is 4.68 Å². The minimum atomic E-state index is 0.400. The van der Waals surface area contributed by atoms with E-state index in [1.165, 1.54) is 0 Å². The van der Waals surface area contributed by atoms with Crippen LogP contribution in [0.5, 0.6) is 11.5 Å². The first-order chi connectivity index (χ1) is 9.78. The fourth-order valence-electron chi connectivity index (χ4n) is 1.90. The summed E-state index contributed by atoms with van der Waals surface area (Å²) in [5.41, 5.74) is 1.23. The summed E-state index contributed by atoms with van der Waals surface area (Å²) in [7, 11) is 1.62. The van der Waals surface area contributed by atoms with Crippen LogP contribution in [-0.2, 0) is 13.0 Å². The first kappa shape index (κ1) is 14.0. The van der Waals surface area contributed by atoms with E-state index in [-0.39, 0.29) is 0 Å². The van der Waals surface area contributed by atoms with Gasteiger partial charge in [-0.2, -0.15) is 0 Å². The van der Waals surface area contributed by atoms with E-state index in [9.17, 15) is 4.79 Å². The summed E-state index contributed by atoms with van der Waals surface area (Å²) in [5, 5.41) is 7.78. The third kappa shape index (κ3) is 3.14. The topological polar surface area (TPSA) is 66.2 Å². The van der Waals surface area contributed by atoms with Gasteiger partial charge in [-0.3, -0.25) is 4.79 Å². The van der Waals surface area contributed by atoms with E-state index < -0.39 is 0 Å². The van der Waals surface area contributed by atoms with Gasteiger partial charge in [0.15, 0.2) is 6.29 Å². The van der Waals surface area contributed by atoms with Gasteiger partial charge in [0.2, 0.25) is 0 Å². The number of carbonyl (C=O) groups is 1. The average Bonchev–Trinajstić information content (AvgIpc) is 2.90. The Hall–Kier alpha value is -2.37. The van der Waals surface area contributed by atoms with Gasteiger partial charge in [0.05, 0.1) is 19.3 Å². The molecule has 1 aromatic carbocycles. The fourth-order valence-corrected chi connectivity index (χ4v) is 1.90. The van der Waals surface area contributed by atoms with Crippen LogP contribution in [0.15, 0.2) is 24.3 Å². The second-order valence-electron chi connectivity index (χ2n) is 4.14. The molecule has 2 rings (SSSR count). The number of ether oxygens (including phenoxy) is 2. The molecule has 0 atom stereocenters. The summed E-state index contributed by atoms with van der Waals surface area (Å²) >= 11 is 0. The molecule has 20 heavy (non-hydrogen) atoms. The largest absolute Gasteiger partial charge is 0.497 e. The monoisotopic (exact) mass is 275 g/mol. The van der Waals surface area contributed by atoms with Crippen molar-refractivity contribution in [3.63, 3.8) is 0 Å². The molecule has 2 aromatic rings. The van der Waals surface area contributed by atoms with Crippen molar-refractivity contribution in [2.75, 3.05) is 13.7 Å². The van der Waals surface area contributed by atoms with E-state index in [0.29, 0.717) is 25.3 Å². The van der Waals surface area contributed by atoms with Crippen molar-refractivity contribution in [3.05, 3.63) is 35.7 Å². The number of aromatic nitrogens is 3. The molecule has 6 nitrogen and oxygen atoms in total. The van der Waals surface area contributed by atoms with Gasteiger partial charge in [-0.15, -0.1) is 5.10 Å². The third-order valence-electron chi connectivity index (χ3n) is 2.95. The minimum absolute atomic E-state index is 0.400. The second kappa shape index (κ2) is 6.70. The van der Waals surface area contributed by atoms with E-state index in [1.54, 1.807) is 11.8 Å². The predicted molar refractivity (Wildman–Crippen MR) is 73.3 cm³/mol. The Morgan fingerprint density at radius 2 is 1.95 bits per heavy atom. The Morgan fingerprint density at radius 3 is 2.55 bits per heavy atom. The van der Waals surface area contributed by atoms with Gasteiger partial charge in [-0.1, -0.05) is 12.1 Å². The number of nitrogens with zero attached hydrogens (tertiary/aromatic N) is 3. The third-order valence-corrected chi connectivity index (χ3v) is 2.95. The molecule has 0 spiro atoms. The fraction of sp³-hybridized carbons (Fsp3) is 0.357. The van der Waals surface area contributed by atoms with E-state index in [4.69, 9.17) is 9.47 Å². The van der Waals surface area contributed by atoms with Crippen LogP contribution >= 0.6 is 0 Å². The normalized spacial score (nSPS) is 10.3. The Morgan fingerprint density at radius 1 is 1.25 bits per heavy atom. The number of rotatable bonds is 7. The van der Waals surface area contributed by atoms with Crippen LogP contribution in [0.3, 0.4) is 0 Å². The van der Waals surface area contributed by atoms with Crippen LogP contribution in [-0.4, -0.2) is 35.0 Å². The highest BCUT2D eigenvalue weighted by Gasteiger charge is 2.09. The van der Waals surface area contributed by atoms with Crippen molar-refractivity contribution in [1.82, 2.24) is 15.0 Å². The van der Waals surface area contributed by atoms with Crippen molar-refractivity contribution < 1.29 is 14.3 Å². The van der Waals surface area contributed by atoms with Crippen molar-refractivity contribution >= 4 is 6.29 Å². The van der Waals surface area contributed by atoms with Crippen molar-refractivity contribution in [1.29, 1.82) is 0 Å². The maximum atomic E-state index is 10.8. The quantitative estimate of drug-likeness (QED) is 0.720. The van der Waals surface area contributed by atoms with Crippen LogP contribution in [0.25, 0.3) is 0 Å². The summed E-state index contributed by atoms with van der Waals surface area (Å²) < 4.78 is 12.4. The zero-order valence-electron chi connectivity index (χ0n) is 11.6. The minimum Gasteiger partial charge on any atom is -0.497 e. The summed E-state index contributed by atoms with van der Waals surface area (Å²) in [5.74, 6) is 1.55. The van der Waals surface area contributed by atoms with Crippen molar-refractivity contribution in [3.8, 4) is 11.5 Å². The van der Waals surface area contributed by atoms with E-state index in [1.807, 2.05) is 31.2 Å². The molecule has 0 unspecified atom stereocenters. The SMILES string of the molecule is CCc1c(C=O)nnn1CCOc1ccc(OC)cc1. The number of carbonyl (C=O) groups excluding carboxylic acids is 1. The lowest BCUT2D eigenvalue weighted by molar-refractivity contribution is 0.111. The molecule has 0 fully saturated rings. The number of aldehydes is 1.